The van der Waals surface area contributed by atoms with Crippen LogP contribution in [0.1, 0.15) is 53.4 Å². The van der Waals surface area contributed by atoms with Gasteiger partial charge in [0.05, 0.1) is 0 Å². The Balaban J connectivity index is 4.24. The molecule has 0 saturated carbocycles. The quantitative estimate of drug-likeness (QED) is 0.597. The van der Waals surface area contributed by atoms with Crippen molar-refractivity contribution in [3.05, 3.63) is 0 Å². The van der Waals surface area contributed by atoms with Crippen molar-refractivity contribution >= 4 is 5.97 Å². The zero-order chi connectivity index (χ0) is 14.0. The third-order valence-corrected chi connectivity index (χ3v) is 3.47. The Morgan fingerprint density at radius 2 is 1.94 bits per heavy atom. The van der Waals surface area contributed by atoms with Gasteiger partial charge in [0.25, 0.3) is 0 Å². The van der Waals surface area contributed by atoms with Crippen molar-refractivity contribution in [2.24, 2.45) is 0 Å². The van der Waals surface area contributed by atoms with E-state index in [2.05, 4.69) is 31.0 Å². The minimum absolute atomic E-state index is 0.414. The van der Waals surface area contributed by atoms with Crippen molar-refractivity contribution in [3.8, 4) is 0 Å². The Hall–Kier alpha value is -0.610. The van der Waals surface area contributed by atoms with E-state index in [1.807, 2.05) is 6.92 Å². The Kier molecular flexibility index (Phi) is 9.98. The lowest BCUT2D eigenvalue weighted by Gasteiger charge is -2.29. The molecule has 0 aliphatic heterocycles. The van der Waals surface area contributed by atoms with Gasteiger partial charge in [-0.2, -0.15) is 0 Å². The highest BCUT2D eigenvalue weighted by molar-refractivity contribution is 5.73. The van der Waals surface area contributed by atoms with Crippen LogP contribution < -0.4 is 5.32 Å². The van der Waals surface area contributed by atoms with Crippen LogP contribution in [-0.2, 0) is 4.79 Å². The lowest BCUT2D eigenvalue weighted by molar-refractivity contribution is -0.139. The van der Waals surface area contributed by atoms with Gasteiger partial charge < -0.3 is 15.3 Å². The summed E-state index contributed by atoms with van der Waals surface area (Å²) >= 11 is 0. The van der Waals surface area contributed by atoms with Gasteiger partial charge in [0.1, 0.15) is 6.04 Å². The summed E-state index contributed by atoms with van der Waals surface area (Å²) in [7, 11) is 0. The molecule has 18 heavy (non-hydrogen) atoms. The van der Waals surface area contributed by atoms with Crippen LogP contribution >= 0.6 is 0 Å². The van der Waals surface area contributed by atoms with E-state index in [4.69, 9.17) is 5.11 Å². The second-order valence-electron chi connectivity index (χ2n) is 4.88. The minimum atomic E-state index is -0.739. The van der Waals surface area contributed by atoms with Gasteiger partial charge in [-0.15, -0.1) is 0 Å². The molecule has 0 aromatic heterocycles. The normalized spacial score (nSPS) is 14.7. The Bertz CT molecular complexity index is 222. The summed E-state index contributed by atoms with van der Waals surface area (Å²) in [6.45, 7) is 11.2. The summed E-state index contributed by atoms with van der Waals surface area (Å²) in [5.41, 5.74) is 0. The number of nitrogens with one attached hydrogen (secondary N) is 1. The summed E-state index contributed by atoms with van der Waals surface area (Å²) in [5, 5.41) is 12.1. The number of carbonyl (C=O) groups is 1. The van der Waals surface area contributed by atoms with Crippen molar-refractivity contribution in [2.75, 3.05) is 19.6 Å². The predicted molar refractivity (Wildman–Crippen MR) is 76.0 cm³/mol. The zero-order valence-corrected chi connectivity index (χ0v) is 12.4. The van der Waals surface area contributed by atoms with Crippen LogP contribution in [0.4, 0.5) is 0 Å². The van der Waals surface area contributed by atoms with Crippen molar-refractivity contribution in [2.45, 2.75) is 65.5 Å². The highest BCUT2D eigenvalue weighted by Gasteiger charge is 2.19. The summed E-state index contributed by atoms with van der Waals surface area (Å²) < 4.78 is 0. The molecular weight excluding hydrogens is 228 g/mol. The van der Waals surface area contributed by atoms with Gasteiger partial charge in [-0.25, -0.2) is 0 Å². The molecule has 2 unspecified atom stereocenters. The van der Waals surface area contributed by atoms with Gasteiger partial charge >= 0.3 is 5.97 Å². The number of carboxylic acid groups (broad SMARTS) is 1. The van der Waals surface area contributed by atoms with Gasteiger partial charge in [0.15, 0.2) is 0 Å². The van der Waals surface area contributed by atoms with Crippen LogP contribution in [0, 0.1) is 0 Å². The number of likely N-dealkylation sites (N-methyl/N-ethyl adjacent to an activating group) is 1. The molecule has 0 amide bonds. The number of carboxylic acids is 1. The van der Waals surface area contributed by atoms with Crippen LogP contribution in [0.25, 0.3) is 0 Å². The number of hydrogen-bond donors (Lipinski definition) is 2. The fourth-order valence-corrected chi connectivity index (χ4v) is 2.03. The third kappa shape index (κ3) is 6.97. The minimum Gasteiger partial charge on any atom is -0.480 e. The molecule has 0 fully saturated rings. The number of rotatable bonds is 11. The average Bonchev–Trinajstić information content (AvgIpc) is 2.36. The van der Waals surface area contributed by atoms with Gasteiger partial charge in [-0.05, 0) is 39.3 Å². The fraction of sp³-hybridized carbons (Fsp3) is 0.929. The zero-order valence-electron chi connectivity index (χ0n) is 12.4. The summed E-state index contributed by atoms with van der Waals surface area (Å²) in [4.78, 5) is 13.5. The summed E-state index contributed by atoms with van der Waals surface area (Å²) in [5.74, 6) is -0.739. The first-order chi connectivity index (χ1) is 8.56. The highest BCUT2D eigenvalue weighted by Crippen LogP contribution is 2.08. The first-order valence-electron chi connectivity index (χ1n) is 7.26. The summed E-state index contributed by atoms with van der Waals surface area (Å²) in [6.07, 6.45) is 4.16. The van der Waals surface area contributed by atoms with Crippen LogP contribution in [0.15, 0.2) is 0 Å². The van der Waals surface area contributed by atoms with Crippen LogP contribution in [-0.4, -0.2) is 47.7 Å². The molecule has 0 aromatic carbocycles. The number of hydrogen-bond acceptors (Lipinski definition) is 3. The molecule has 0 heterocycles. The lowest BCUT2D eigenvalue weighted by Crippen LogP contribution is -2.42. The SMILES string of the molecule is CCCCN(CCC(NCC)C(=O)O)C(C)CC. The third-order valence-electron chi connectivity index (χ3n) is 3.47. The van der Waals surface area contributed by atoms with Crippen molar-refractivity contribution in [1.82, 2.24) is 10.2 Å². The average molecular weight is 258 g/mol. The fourth-order valence-electron chi connectivity index (χ4n) is 2.03. The van der Waals surface area contributed by atoms with E-state index in [1.54, 1.807) is 0 Å². The van der Waals surface area contributed by atoms with Crippen molar-refractivity contribution < 1.29 is 9.90 Å². The lowest BCUT2D eigenvalue weighted by atomic mass is 10.1. The number of unbranched alkanes of at least 4 members (excludes halogenated alkanes) is 1. The van der Waals surface area contributed by atoms with Gasteiger partial charge in [-0.1, -0.05) is 27.2 Å². The molecule has 108 valence electrons. The first kappa shape index (κ1) is 17.4. The molecule has 0 aliphatic rings. The van der Waals surface area contributed by atoms with E-state index in [0.717, 1.165) is 19.5 Å². The molecule has 0 spiro atoms. The van der Waals surface area contributed by atoms with Gasteiger partial charge in [-0.3, -0.25) is 4.79 Å². The number of nitrogens with zero attached hydrogens (tertiary/aromatic N) is 1. The van der Waals surface area contributed by atoms with Crippen molar-refractivity contribution in [3.63, 3.8) is 0 Å². The summed E-state index contributed by atoms with van der Waals surface area (Å²) in [6, 6.07) is 0.121. The topological polar surface area (TPSA) is 52.6 Å². The van der Waals surface area contributed by atoms with Gasteiger partial charge in [0.2, 0.25) is 0 Å². The predicted octanol–water partition coefficient (Wildman–Crippen LogP) is 2.34. The molecule has 4 heteroatoms. The Morgan fingerprint density at radius 1 is 1.28 bits per heavy atom. The van der Waals surface area contributed by atoms with Gasteiger partial charge in [0, 0.05) is 12.6 Å². The maximum absolute atomic E-state index is 11.1. The number of aliphatic carboxylic acids is 1. The van der Waals surface area contributed by atoms with Crippen LogP contribution in [0.5, 0.6) is 0 Å². The van der Waals surface area contributed by atoms with Crippen molar-refractivity contribution in [1.29, 1.82) is 0 Å². The van der Waals surface area contributed by atoms with Crippen LogP contribution in [0.3, 0.4) is 0 Å². The van der Waals surface area contributed by atoms with E-state index < -0.39 is 12.0 Å². The largest absolute Gasteiger partial charge is 0.480 e. The molecule has 2 atom stereocenters. The molecule has 2 N–H and O–H groups in total. The first-order valence-corrected chi connectivity index (χ1v) is 7.26. The van der Waals surface area contributed by atoms with E-state index in [9.17, 15) is 4.79 Å². The Morgan fingerprint density at radius 3 is 2.39 bits per heavy atom. The molecule has 4 nitrogen and oxygen atoms in total. The van der Waals surface area contributed by atoms with Crippen LogP contribution in [0.2, 0.25) is 0 Å². The highest BCUT2D eigenvalue weighted by atomic mass is 16.4. The molecule has 0 radical (unpaired) electrons. The Labute approximate surface area is 112 Å². The molecular formula is C14H30N2O2. The smallest absolute Gasteiger partial charge is 0.320 e. The van der Waals surface area contributed by atoms with E-state index in [1.165, 1.54) is 12.8 Å². The molecule has 0 rings (SSSR count). The monoisotopic (exact) mass is 258 g/mol. The molecule has 0 saturated heterocycles. The molecule has 0 bridgehead atoms. The van der Waals surface area contributed by atoms with E-state index in [-0.39, 0.29) is 0 Å². The second kappa shape index (κ2) is 10.3. The second-order valence-corrected chi connectivity index (χ2v) is 4.88. The van der Waals surface area contributed by atoms with E-state index in [0.29, 0.717) is 19.0 Å². The molecule has 0 aliphatic carbocycles. The standard InChI is InChI=1S/C14H30N2O2/c1-5-8-10-16(12(4)6-2)11-9-13(14(17)18)15-7-3/h12-13,15H,5-11H2,1-4H3,(H,17,18). The molecule has 0 aromatic rings. The van der Waals surface area contributed by atoms with E-state index >= 15 is 0 Å². The maximum atomic E-state index is 11.1. The maximum Gasteiger partial charge on any atom is 0.320 e.